The summed E-state index contributed by atoms with van der Waals surface area (Å²) in [6.07, 6.45) is 0.457. The van der Waals surface area contributed by atoms with E-state index in [2.05, 4.69) is 5.32 Å². The van der Waals surface area contributed by atoms with Gasteiger partial charge in [-0.05, 0) is 57.0 Å². The molecule has 0 bridgehead atoms. The summed E-state index contributed by atoms with van der Waals surface area (Å²) in [5.41, 5.74) is 7.40. The van der Waals surface area contributed by atoms with Crippen LogP contribution >= 0.6 is 23.2 Å². The predicted molar refractivity (Wildman–Crippen MR) is 107 cm³/mol. The lowest BCUT2D eigenvalue weighted by Crippen LogP contribution is -2.49. The maximum atomic E-state index is 12.1. The van der Waals surface area contributed by atoms with Crippen molar-refractivity contribution in [3.63, 3.8) is 0 Å². The molecular weight excluding hydrogens is 371 g/mol. The molecule has 0 radical (unpaired) electrons. The van der Waals surface area contributed by atoms with Crippen molar-refractivity contribution in [2.45, 2.75) is 45.4 Å². The summed E-state index contributed by atoms with van der Waals surface area (Å²) in [5.74, 6) is 0.531. The number of amides is 1. The fraction of sp³-hybridized carbons (Fsp3) is 0.350. The number of hydrogen-bond donors (Lipinski definition) is 2. The first kappa shape index (κ1) is 20.6. The van der Waals surface area contributed by atoms with Gasteiger partial charge in [-0.25, -0.2) is 0 Å². The molecule has 2 rings (SSSR count). The average molecular weight is 395 g/mol. The van der Waals surface area contributed by atoms with Crippen molar-refractivity contribution in [2.24, 2.45) is 5.73 Å². The molecule has 2 aromatic carbocycles. The van der Waals surface area contributed by atoms with Crippen LogP contribution in [-0.2, 0) is 17.8 Å². The van der Waals surface area contributed by atoms with Crippen LogP contribution in [-0.4, -0.2) is 17.5 Å². The van der Waals surface area contributed by atoms with Crippen molar-refractivity contribution in [1.29, 1.82) is 0 Å². The van der Waals surface area contributed by atoms with Crippen LogP contribution in [0.1, 0.15) is 31.9 Å². The Bertz CT molecular complexity index is 735. The van der Waals surface area contributed by atoms with Crippen LogP contribution in [0.2, 0.25) is 10.0 Å². The molecule has 0 aliphatic carbocycles. The lowest BCUT2D eigenvalue weighted by molar-refractivity contribution is -0.123. The molecule has 26 heavy (non-hydrogen) atoms. The minimum atomic E-state index is -0.595. The summed E-state index contributed by atoms with van der Waals surface area (Å²) in [7, 11) is 0. The quantitative estimate of drug-likeness (QED) is 0.764. The Hall–Kier alpha value is -1.75. The second kappa shape index (κ2) is 8.76. The van der Waals surface area contributed by atoms with E-state index >= 15 is 0 Å². The van der Waals surface area contributed by atoms with Gasteiger partial charge in [-0.1, -0.05) is 41.4 Å². The van der Waals surface area contributed by atoms with Gasteiger partial charge >= 0.3 is 0 Å². The van der Waals surface area contributed by atoms with Gasteiger partial charge in [0.05, 0.1) is 6.04 Å². The van der Waals surface area contributed by atoms with Crippen LogP contribution in [0.5, 0.6) is 5.75 Å². The fourth-order valence-electron chi connectivity index (χ4n) is 2.36. The lowest BCUT2D eigenvalue weighted by atomic mass is 10.0. The molecule has 0 saturated heterocycles. The molecule has 140 valence electrons. The zero-order valence-electron chi connectivity index (χ0n) is 15.2. The van der Waals surface area contributed by atoms with Crippen LogP contribution in [0.3, 0.4) is 0 Å². The average Bonchev–Trinajstić information content (AvgIpc) is 2.54. The fourth-order valence-corrected chi connectivity index (χ4v) is 2.86. The van der Waals surface area contributed by atoms with E-state index in [1.165, 1.54) is 0 Å². The summed E-state index contributed by atoms with van der Waals surface area (Å²) in [6.45, 7) is 6.06. The number of ether oxygens (including phenoxy) is 1. The van der Waals surface area contributed by atoms with Gasteiger partial charge in [0.15, 0.2) is 0 Å². The van der Waals surface area contributed by atoms with Gasteiger partial charge in [-0.3, -0.25) is 4.79 Å². The van der Waals surface area contributed by atoms with Crippen molar-refractivity contribution in [3.05, 3.63) is 63.6 Å². The predicted octanol–water partition coefficient (Wildman–Crippen LogP) is 4.36. The largest absolute Gasteiger partial charge is 0.489 e. The van der Waals surface area contributed by atoms with Gasteiger partial charge in [-0.2, -0.15) is 0 Å². The van der Waals surface area contributed by atoms with E-state index in [0.717, 1.165) is 11.1 Å². The molecule has 1 atom stereocenters. The van der Waals surface area contributed by atoms with E-state index in [-0.39, 0.29) is 18.1 Å². The summed E-state index contributed by atoms with van der Waals surface area (Å²) in [6, 6.07) is 12.2. The van der Waals surface area contributed by atoms with Crippen molar-refractivity contribution < 1.29 is 9.53 Å². The van der Waals surface area contributed by atoms with E-state index in [4.69, 9.17) is 33.7 Å². The summed E-state index contributed by atoms with van der Waals surface area (Å²) in [5, 5.41) is 4.03. The molecule has 0 heterocycles. The Balaban J connectivity index is 1.93. The number of halogens is 2. The third-order valence-corrected chi connectivity index (χ3v) is 4.37. The van der Waals surface area contributed by atoms with Gasteiger partial charge in [0.25, 0.3) is 0 Å². The molecule has 0 fully saturated rings. The van der Waals surface area contributed by atoms with Gasteiger partial charge in [0, 0.05) is 21.1 Å². The molecular formula is C20H24Cl2N2O2. The van der Waals surface area contributed by atoms with Gasteiger partial charge in [-0.15, -0.1) is 0 Å². The normalized spacial score (nSPS) is 12.5. The Morgan fingerprint density at radius 3 is 2.23 bits per heavy atom. The second-order valence-corrected chi connectivity index (χ2v) is 8.00. The smallest absolute Gasteiger partial charge is 0.237 e. The van der Waals surface area contributed by atoms with Crippen molar-refractivity contribution in [3.8, 4) is 5.75 Å². The van der Waals surface area contributed by atoms with Crippen LogP contribution in [0.25, 0.3) is 0 Å². The molecule has 0 aliphatic heterocycles. The first-order valence-electron chi connectivity index (χ1n) is 8.38. The second-order valence-electron chi connectivity index (χ2n) is 7.18. The monoisotopic (exact) mass is 394 g/mol. The highest BCUT2D eigenvalue weighted by Crippen LogP contribution is 2.26. The third kappa shape index (κ3) is 6.20. The summed E-state index contributed by atoms with van der Waals surface area (Å²) in [4.78, 5) is 12.1. The number of rotatable bonds is 6. The van der Waals surface area contributed by atoms with Crippen LogP contribution < -0.4 is 15.8 Å². The molecule has 6 heteroatoms. The van der Waals surface area contributed by atoms with E-state index in [0.29, 0.717) is 22.2 Å². The molecule has 1 amide bonds. The summed E-state index contributed by atoms with van der Waals surface area (Å²) >= 11 is 12.3. The maximum absolute atomic E-state index is 12.1. The molecule has 0 aliphatic rings. The van der Waals surface area contributed by atoms with Crippen LogP contribution in [0.15, 0.2) is 42.5 Å². The standard InChI is InChI=1S/C20H24Cl2N2O2/c1-20(2,3)24-19(25)18(23)11-13-7-9-14(10-8-13)26-12-15-16(21)5-4-6-17(15)22/h4-10,18H,11-12,23H2,1-3H3,(H,24,25)/t18-/m0/s1. The highest BCUT2D eigenvalue weighted by molar-refractivity contribution is 6.35. The first-order valence-corrected chi connectivity index (χ1v) is 9.13. The van der Waals surface area contributed by atoms with E-state index < -0.39 is 6.04 Å². The van der Waals surface area contributed by atoms with Crippen molar-refractivity contribution in [2.75, 3.05) is 0 Å². The number of carbonyl (C=O) groups excluding carboxylic acids is 1. The zero-order chi connectivity index (χ0) is 19.3. The zero-order valence-corrected chi connectivity index (χ0v) is 16.7. The molecule has 0 saturated carbocycles. The molecule has 0 aromatic heterocycles. The number of nitrogens with one attached hydrogen (secondary N) is 1. The molecule has 4 nitrogen and oxygen atoms in total. The van der Waals surface area contributed by atoms with Gasteiger partial charge in [0.1, 0.15) is 12.4 Å². The Morgan fingerprint density at radius 1 is 1.12 bits per heavy atom. The molecule has 0 unspecified atom stereocenters. The van der Waals surface area contributed by atoms with E-state index in [1.807, 2.05) is 45.0 Å². The molecule has 0 spiro atoms. The highest BCUT2D eigenvalue weighted by atomic mass is 35.5. The third-order valence-electron chi connectivity index (χ3n) is 3.66. The first-order chi connectivity index (χ1) is 12.2. The van der Waals surface area contributed by atoms with E-state index in [1.54, 1.807) is 18.2 Å². The number of nitrogens with two attached hydrogens (primary N) is 1. The maximum Gasteiger partial charge on any atom is 0.237 e. The van der Waals surface area contributed by atoms with Gasteiger partial charge in [0.2, 0.25) is 5.91 Å². The van der Waals surface area contributed by atoms with Crippen LogP contribution in [0, 0.1) is 0 Å². The van der Waals surface area contributed by atoms with E-state index in [9.17, 15) is 4.79 Å². The summed E-state index contributed by atoms with van der Waals surface area (Å²) < 4.78 is 5.75. The van der Waals surface area contributed by atoms with Crippen molar-refractivity contribution >= 4 is 29.1 Å². The highest BCUT2D eigenvalue weighted by Gasteiger charge is 2.19. The Labute approximate surface area is 164 Å². The number of benzene rings is 2. The number of carbonyl (C=O) groups is 1. The Morgan fingerprint density at radius 2 is 1.69 bits per heavy atom. The molecule has 3 N–H and O–H groups in total. The Kier molecular flexibility index (Phi) is 6.93. The molecule has 2 aromatic rings. The minimum absolute atomic E-state index is 0.161. The number of hydrogen-bond acceptors (Lipinski definition) is 3. The van der Waals surface area contributed by atoms with Gasteiger partial charge < -0.3 is 15.8 Å². The minimum Gasteiger partial charge on any atom is -0.489 e. The topological polar surface area (TPSA) is 64.4 Å². The van der Waals surface area contributed by atoms with Crippen molar-refractivity contribution in [1.82, 2.24) is 5.32 Å². The SMILES string of the molecule is CC(C)(C)NC(=O)[C@@H](N)Cc1ccc(OCc2c(Cl)cccc2Cl)cc1. The van der Waals surface area contributed by atoms with Crippen LogP contribution in [0.4, 0.5) is 0 Å². The lowest BCUT2D eigenvalue weighted by Gasteiger charge is -2.23.